The summed E-state index contributed by atoms with van der Waals surface area (Å²) in [6, 6.07) is 3.93. The molecule has 0 radical (unpaired) electrons. The minimum Gasteiger partial charge on any atom is -0.389 e. The molecule has 2 fully saturated rings. The maximum Gasteiger partial charge on any atom is 0.227 e. The first-order chi connectivity index (χ1) is 16.6. The lowest BCUT2D eigenvalue weighted by atomic mass is 9.85. The summed E-state index contributed by atoms with van der Waals surface area (Å²) in [5.41, 5.74) is 2.50. The molecule has 2 aliphatic heterocycles. The molecule has 0 unspecified atom stereocenters. The molecule has 0 spiro atoms. The lowest BCUT2D eigenvalue weighted by Crippen LogP contribution is -2.56. The summed E-state index contributed by atoms with van der Waals surface area (Å²) in [6.07, 6.45) is 4.55. The smallest absolute Gasteiger partial charge is 0.227 e. The predicted molar refractivity (Wildman–Crippen MR) is 125 cm³/mol. The highest BCUT2D eigenvalue weighted by Gasteiger charge is 2.45. The van der Waals surface area contributed by atoms with Crippen LogP contribution in [0.3, 0.4) is 0 Å². The van der Waals surface area contributed by atoms with Crippen molar-refractivity contribution in [3.05, 3.63) is 40.8 Å². The summed E-state index contributed by atoms with van der Waals surface area (Å²) in [7, 11) is 0. The number of benzene rings is 1. The summed E-state index contributed by atoms with van der Waals surface area (Å²) in [5.74, 6) is 0.647. The Hall–Kier alpha value is -2.26. The average molecular weight is 460 g/mol. The Kier molecular flexibility index (Phi) is 4.70. The van der Waals surface area contributed by atoms with Crippen LogP contribution in [-0.2, 0) is 11.7 Å². The molecule has 2 saturated heterocycles. The van der Waals surface area contributed by atoms with E-state index in [9.17, 15) is 5.11 Å². The van der Waals surface area contributed by atoms with Crippen LogP contribution in [0.2, 0.25) is 5.02 Å². The first kappa shape index (κ1) is 18.2. The number of hydrogen-bond acceptors (Lipinski definition) is 7. The van der Waals surface area contributed by atoms with Crippen LogP contribution in [0.1, 0.15) is 41.1 Å². The largest absolute Gasteiger partial charge is 0.389 e. The molecule has 2 aliphatic rings. The number of halogens is 1. The number of hydrogen-bond donors (Lipinski definition) is 2. The molecule has 4 heterocycles. The van der Waals surface area contributed by atoms with Gasteiger partial charge in [-0.25, -0.2) is 9.97 Å². The second-order valence-electron chi connectivity index (χ2n) is 8.96. The lowest BCUT2D eigenvalue weighted by Gasteiger charge is -2.43. The summed E-state index contributed by atoms with van der Waals surface area (Å²) in [5, 5.41) is 19.0. The number of rotatable bonds is 4. The molecular weight excluding hydrogens is 428 g/mol. The molecule has 5 rings (SSSR count). The van der Waals surface area contributed by atoms with E-state index >= 15 is 0 Å². The molecule has 32 heavy (non-hydrogen) atoms. The van der Waals surface area contributed by atoms with Crippen LogP contribution < -0.4 is 5.32 Å². The van der Waals surface area contributed by atoms with Gasteiger partial charge in [0, 0.05) is 27.7 Å². The summed E-state index contributed by atoms with van der Waals surface area (Å²) < 4.78 is 29.2. The Labute approximate surface area is 196 Å². The number of anilines is 2. The molecule has 0 amide bonds. The van der Waals surface area contributed by atoms with E-state index < -0.39 is 13.1 Å². The van der Waals surface area contributed by atoms with Gasteiger partial charge in [0.05, 0.1) is 48.0 Å². The van der Waals surface area contributed by atoms with Crippen molar-refractivity contribution >= 4 is 34.1 Å². The highest BCUT2D eigenvalue weighted by molar-refractivity contribution is 6.32. The third kappa shape index (κ3) is 3.75. The van der Waals surface area contributed by atoms with Gasteiger partial charge >= 0.3 is 0 Å². The van der Waals surface area contributed by atoms with Crippen LogP contribution in [0, 0.1) is 6.92 Å². The van der Waals surface area contributed by atoms with Crippen molar-refractivity contribution in [3.63, 3.8) is 0 Å². The van der Waals surface area contributed by atoms with Gasteiger partial charge in [-0.05, 0) is 63.4 Å². The summed E-state index contributed by atoms with van der Waals surface area (Å²) in [6.45, 7) is 4.06. The molecule has 9 heteroatoms. The molecule has 0 saturated carbocycles. The van der Waals surface area contributed by atoms with Crippen LogP contribution in [0.5, 0.6) is 0 Å². The molecular formula is C23H29ClN6O2. The van der Waals surface area contributed by atoms with E-state index in [1.165, 1.54) is 6.20 Å². The molecule has 0 bridgehead atoms. The molecule has 2 atom stereocenters. The minimum atomic E-state index is -2.35. The Morgan fingerprint density at radius 3 is 2.81 bits per heavy atom. The molecule has 1 aromatic carbocycles. The van der Waals surface area contributed by atoms with E-state index in [1.54, 1.807) is 13.1 Å². The van der Waals surface area contributed by atoms with E-state index in [1.807, 2.05) is 12.1 Å². The van der Waals surface area contributed by atoms with Crippen LogP contribution in [0.25, 0.3) is 10.9 Å². The second kappa shape index (κ2) is 8.26. The average Bonchev–Trinajstić information content (AvgIpc) is 3.36. The number of likely N-dealkylation sites (tertiary alicyclic amines) is 1. The lowest BCUT2D eigenvalue weighted by molar-refractivity contribution is -0.00211. The predicted octanol–water partition coefficient (Wildman–Crippen LogP) is 3.40. The van der Waals surface area contributed by atoms with E-state index in [4.69, 9.17) is 20.5 Å². The summed E-state index contributed by atoms with van der Waals surface area (Å²) >= 11 is 6.68. The maximum atomic E-state index is 10.4. The van der Waals surface area contributed by atoms with Gasteiger partial charge in [0.15, 0.2) is 0 Å². The quantitative estimate of drug-likeness (QED) is 0.618. The van der Waals surface area contributed by atoms with Gasteiger partial charge in [-0.2, -0.15) is 5.10 Å². The van der Waals surface area contributed by atoms with Gasteiger partial charge in [-0.3, -0.25) is 9.58 Å². The van der Waals surface area contributed by atoms with Crippen molar-refractivity contribution in [1.29, 1.82) is 0 Å². The van der Waals surface area contributed by atoms with Crippen LogP contribution in [0.15, 0.2) is 24.5 Å². The van der Waals surface area contributed by atoms with E-state index in [0.717, 1.165) is 47.1 Å². The Morgan fingerprint density at radius 1 is 1.31 bits per heavy atom. The minimum absolute atomic E-state index is 0.289. The molecule has 2 aromatic heterocycles. The Morgan fingerprint density at radius 2 is 2.12 bits per heavy atom. The highest BCUT2D eigenvalue weighted by Crippen LogP contribution is 2.38. The molecule has 170 valence electrons. The third-order valence-corrected chi connectivity index (χ3v) is 7.33. The third-order valence-electron chi connectivity index (χ3n) is 7.00. The number of aliphatic hydroxyl groups excluding tert-OH is 1. The van der Waals surface area contributed by atoms with Gasteiger partial charge in [0.1, 0.15) is 0 Å². The van der Waals surface area contributed by atoms with E-state index in [0.29, 0.717) is 35.6 Å². The zero-order chi connectivity index (χ0) is 25.0. The van der Waals surface area contributed by atoms with Gasteiger partial charge < -0.3 is 15.2 Å². The number of aryl methyl sites for hydroxylation is 1. The molecule has 0 aliphatic carbocycles. The van der Waals surface area contributed by atoms with Crippen molar-refractivity contribution in [3.8, 4) is 0 Å². The van der Waals surface area contributed by atoms with Crippen LogP contribution >= 0.6 is 11.6 Å². The SMILES string of the molecule is [2H]C([2H])([2H])n1ncc(Nc2ncc3cc(Cl)c(C4CCN([C@@]5(C)COC[C@H]5O)CC4)cc3n2)c1C. The van der Waals surface area contributed by atoms with Crippen LogP contribution in [-0.4, -0.2) is 67.7 Å². The van der Waals surface area contributed by atoms with Crippen molar-refractivity contribution < 1.29 is 14.0 Å². The number of ether oxygens (including phenoxy) is 1. The monoisotopic (exact) mass is 459 g/mol. The standard InChI is InChI=1S/C23H29ClN6O2/c1-14-20(11-26-29(14)3)28-22-25-10-16-8-18(24)17(9-19(16)27-22)15-4-6-30(7-5-15)23(2)13-32-12-21(23)31/h8-11,15,21,31H,4-7,12-13H2,1-3H3,(H,25,27,28)/t21-,23+/m1/s1/i3D3. The van der Waals surface area contributed by atoms with E-state index in [2.05, 4.69) is 32.2 Å². The molecule has 2 N–H and O–H groups in total. The van der Waals surface area contributed by atoms with Gasteiger partial charge in [0.25, 0.3) is 0 Å². The van der Waals surface area contributed by atoms with Crippen molar-refractivity contribution in [2.24, 2.45) is 6.98 Å². The van der Waals surface area contributed by atoms with Crippen molar-refractivity contribution in [2.75, 3.05) is 31.6 Å². The zero-order valence-electron chi connectivity index (χ0n) is 21.2. The fraction of sp³-hybridized carbons (Fsp3) is 0.522. The molecule has 8 nitrogen and oxygen atoms in total. The maximum absolute atomic E-state index is 10.4. The Bertz CT molecular complexity index is 1240. The first-order valence-electron chi connectivity index (χ1n) is 12.4. The van der Waals surface area contributed by atoms with Gasteiger partial charge in [-0.15, -0.1) is 0 Å². The number of piperidine rings is 1. The fourth-order valence-corrected chi connectivity index (χ4v) is 5.08. The number of aliphatic hydroxyl groups is 1. The number of nitrogens with zero attached hydrogens (tertiary/aromatic N) is 5. The zero-order valence-corrected chi connectivity index (χ0v) is 18.9. The number of aromatic nitrogens is 4. The topological polar surface area (TPSA) is 88.3 Å². The highest BCUT2D eigenvalue weighted by atomic mass is 35.5. The van der Waals surface area contributed by atoms with Crippen molar-refractivity contribution in [1.82, 2.24) is 24.6 Å². The number of nitrogens with one attached hydrogen (secondary N) is 1. The first-order valence-corrected chi connectivity index (χ1v) is 11.2. The van der Waals surface area contributed by atoms with Gasteiger partial charge in [0.2, 0.25) is 5.95 Å². The van der Waals surface area contributed by atoms with Crippen molar-refractivity contribution in [2.45, 2.75) is 44.2 Å². The second-order valence-corrected chi connectivity index (χ2v) is 9.36. The van der Waals surface area contributed by atoms with Gasteiger partial charge in [-0.1, -0.05) is 11.6 Å². The number of fused-ring (bicyclic) bond motifs is 1. The normalized spacial score (nSPS) is 26.8. The fourth-order valence-electron chi connectivity index (χ4n) is 4.75. The Balaban J connectivity index is 1.35. The van der Waals surface area contributed by atoms with Crippen LogP contribution in [0.4, 0.5) is 11.6 Å². The molecule has 3 aromatic rings. The summed E-state index contributed by atoms with van der Waals surface area (Å²) in [4.78, 5) is 11.4. The van der Waals surface area contributed by atoms with E-state index in [-0.39, 0.29) is 11.5 Å².